The van der Waals surface area contributed by atoms with Gasteiger partial charge in [-0.15, -0.1) is 0 Å². The van der Waals surface area contributed by atoms with Crippen molar-refractivity contribution in [1.29, 1.82) is 0 Å². The first-order valence-corrected chi connectivity index (χ1v) is 7.15. The Morgan fingerprint density at radius 3 is 2.13 bits per heavy atom. The maximum Gasteiger partial charge on any atom is 0.319 e. The van der Waals surface area contributed by atoms with E-state index in [9.17, 15) is 9.59 Å². The van der Waals surface area contributed by atoms with Gasteiger partial charge < -0.3 is 20.7 Å². The first kappa shape index (κ1) is 16.5. The molecule has 6 nitrogen and oxygen atoms in total. The zero-order chi connectivity index (χ0) is 16.5. The minimum atomic E-state index is -0.287. The highest BCUT2D eigenvalue weighted by atomic mass is 16.5. The molecule has 6 heteroatoms. The lowest BCUT2D eigenvalue weighted by atomic mass is 10.2. The van der Waals surface area contributed by atoms with Crippen LogP contribution >= 0.6 is 0 Å². The van der Waals surface area contributed by atoms with Crippen molar-refractivity contribution in [3.63, 3.8) is 0 Å². The maximum absolute atomic E-state index is 11.8. The van der Waals surface area contributed by atoms with E-state index >= 15 is 0 Å². The summed E-state index contributed by atoms with van der Waals surface area (Å²) in [4.78, 5) is 23.2. The Bertz CT molecular complexity index is 642. The second-order valence-electron chi connectivity index (χ2n) is 4.85. The summed E-state index contributed by atoms with van der Waals surface area (Å²) in [5.41, 5.74) is 2.31. The van der Waals surface area contributed by atoms with Crippen molar-refractivity contribution in [3.05, 3.63) is 60.2 Å². The molecule has 0 atom stereocenters. The molecular formula is C17H19N3O3. The minimum Gasteiger partial charge on any atom is -0.375 e. The largest absolute Gasteiger partial charge is 0.375 e. The van der Waals surface area contributed by atoms with Crippen LogP contribution in [0.25, 0.3) is 0 Å². The number of carbonyl (C=O) groups excluding carboxylic acids is 2. The van der Waals surface area contributed by atoms with Crippen LogP contribution in [-0.4, -0.2) is 25.7 Å². The number of hydrogen-bond acceptors (Lipinski definition) is 3. The summed E-state index contributed by atoms with van der Waals surface area (Å²) in [5, 5.41) is 8.18. The highest BCUT2D eigenvalue weighted by molar-refractivity contribution is 5.93. The van der Waals surface area contributed by atoms with Crippen LogP contribution in [0, 0.1) is 0 Å². The van der Waals surface area contributed by atoms with Gasteiger partial charge in [-0.1, -0.05) is 30.3 Å². The average Bonchev–Trinajstić information content (AvgIpc) is 2.56. The van der Waals surface area contributed by atoms with Gasteiger partial charge in [-0.2, -0.15) is 0 Å². The van der Waals surface area contributed by atoms with Crippen LogP contribution in [0.5, 0.6) is 0 Å². The van der Waals surface area contributed by atoms with E-state index in [0.717, 1.165) is 5.56 Å². The Kier molecular flexibility index (Phi) is 6.14. The highest BCUT2D eigenvalue weighted by Crippen LogP contribution is 2.13. The third-order valence-electron chi connectivity index (χ3n) is 3.00. The van der Waals surface area contributed by atoms with E-state index in [1.54, 1.807) is 24.3 Å². The summed E-state index contributed by atoms with van der Waals surface area (Å²) in [6.45, 7) is 0.458. The van der Waals surface area contributed by atoms with Gasteiger partial charge in [0.05, 0.1) is 0 Å². The molecule has 120 valence electrons. The second-order valence-corrected chi connectivity index (χ2v) is 4.85. The molecule has 23 heavy (non-hydrogen) atoms. The summed E-state index contributed by atoms with van der Waals surface area (Å²) in [5.74, 6) is -0.228. The Labute approximate surface area is 134 Å². The molecule has 3 N–H and O–H groups in total. The van der Waals surface area contributed by atoms with E-state index in [1.165, 1.54) is 7.11 Å². The van der Waals surface area contributed by atoms with Crippen LogP contribution in [0.15, 0.2) is 54.6 Å². The molecular weight excluding hydrogens is 294 g/mol. The molecule has 0 fully saturated rings. The molecule has 2 aromatic carbocycles. The Morgan fingerprint density at radius 1 is 0.913 bits per heavy atom. The number of amides is 3. The summed E-state index contributed by atoms with van der Waals surface area (Å²) >= 11 is 0. The number of anilines is 2. The normalized spacial score (nSPS) is 9.96. The van der Waals surface area contributed by atoms with Crippen molar-refractivity contribution in [2.75, 3.05) is 24.4 Å². The fourth-order valence-corrected chi connectivity index (χ4v) is 1.92. The number of nitrogens with one attached hydrogen (secondary N) is 3. The molecule has 0 radical (unpaired) electrons. The molecule has 0 bridgehead atoms. The van der Waals surface area contributed by atoms with E-state index in [0.29, 0.717) is 17.9 Å². The number of methoxy groups -OCH3 is 1. The van der Waals surface area contributed by atoms with Gasteiger partial charge in [-0.3, -0.25) is 4.79 Å². The summed E-state index contributed by atoms with van der Waals surface area (Å²) in [6, 6.07) is 16.2. The van der Waals surface area contributed by atoms with E-state index in [1.807, 2.05) is 30.3 Å². The smallest absolute Gasteiger partial charge is 0.319 e. The maximum atomic E-state index is 11.8. The van der Waals surface area contributed by atoms with Gasteiger partial charge in [-0.05, 0) is 29.8 Å². The molecule has 2 aromatic rings. The minimum absolute atomic E-state index is 0.00188. The Balaban J connectivity index is 1.80. The van der Waals surface area contributed by atoms with E-state index in [-0.39, 0.29) is 18.5 Å². The monoisotopic (exact) mass is 313 g/mol. The van der Waals surface area contributed by atoms with Crippen molar-refractivity contribution in [2.24, 2.45) is 0 Å². The van der Waals surface area contributed by atoms with Crippen LogP contribution in [-0.2, 0) is 16.1 Å². The van der Waals surface area contributed by atoms with Crippen LogP contribution < -0.4 is 16.0 Å². The van der Waals surface area contributed by atoms with Gasteiger partial charge in [0.15, 0.2) is 0 Å². The fraction of sp³-hybridized carbons (Fsp3) is 0.176. The predicted octanol–water partition coefficient (Wildman–Crippen LogP) is 2.59. The summed E-state index contributed by atoms with van der Waals surface area (Å²) in [7, 11) is 1.46. The van der Waals surface area contributed by atoms with Gasteiger partial charge in [0.1, 0.15) is 6.61 Å². The second kappa shape index (κ2) is 8.55. The molecule has 0 aliphatic rings. The molecule has 2 rings (SSSR count). The van der Waals surface area contributed by atoms with Crippen LogP contribution in [0.2, 0.25) is 0 Å². The summed E-state index contributed by atoms with van der Waals surface area (Å²) in [6.07, 6.45) is 0. The van der Waals surface area contributed by atoms with Crippen LogP contribution in [0.1, 0.15) is 5.56 Å². The Hall–Kier alpha value is -2.86. The van der Waals surface area contributed by atoms with Crippen molar-refractivity contribution >= 4 is 23.3 Å². The predicted molar refractivity (Wildman–Crippen MR) is 89.2 cm³/mol. The van der Waals surface area contributed by atoms with Gasteiger partial charge >= 0.3 is 6.03 Å². The number of benzene rings is 2. The number of urea groups is 1. The van der Waals surface area contributed by atoms with Crippen LogP contribution in [0.4, 0.5) is 16.2 Å². The first-order valence-electron chi connectivity index (χ1n) is 7.15. The first-order chi connectivity index (χ1) is 11.2. The fourth-order valence-electron chi connectivity index (χ4n) is 1.92. The van der Waals surface area contributed by atoms with Crippen molar-refractivity contribution in [1.82, 2.24) is 5.32 Å². The standard InChI is InChI=1S/C17H19N3O3/c1-23-12-16(21)19-14-7-9-15(10-8-14)20-17(22)18-11-13-5-3-2-4-6-13/h2-10H,11-12H2,1H3,(H,19,21)(H2,18,20,22). The zero-order valence-electron chi connectivity index (χ0n) is 12.8. The molecule has 0 aliphatic heterocycles. The van der Waals surface area contributed by atoms with E-state index in [2.05, 4.69) is 16.0 Å². The lowest BCUT2D eigenvalue weighted by molar-refractivity contribution is -0.119. The third kappa shape index (κ3) is 5.80. The van der Waals surface area contributed by atoms with Crippen molar-refractivity contribution in [3.8, 4) is 0 Å². The quantitative estimate of drug-likeness (QED) is 0.767. The molecule has 0 heterocycles. The number of ether oxygens (including phenoxy) is 1. The topological polar surface area (TPSA) is 79.5 Å². The molecule has 3 amide bonds. The Morgan fingerprint density at radius 2 is 1.52 bits per heavy atom. The third-order valence-corrected chi connectivity index (χ3v) is 3.00. The van der Waals surface area contributed by atoms with Crippen molar-refractivity contribution < 1.29 is 14.3 Å². The highest BCUT2D eigenvalue weighted by Gasteiger charge is 2.03. The molecule has 0 unspecified atom stereocenters. The zero-order valence-corrected chi connectivity index (χ0v) is 12.8. The molecule has 0 saturated carbocycles. The van der Waals surface area contributed by atoms with Gasteiger partial charge in [0.25, 0.3) is 0 Å². The lowest BCUT2D eigenvalue weighted by Crippen LogP contribution is -2.28. The SMILES string of the molecule is COCC(=O)Nc1ccc(NC(=O)NCc2ccccc2)cc1. The summed E-state index contributed by atoms with van der Waals surface area (Å²) < 4.78 is 4.74. The van der Waals surface area contributed by atoms with E-state index in [4.69, 9.17) is 4.74 Å². The average molecular weight is 313 g/mol. The number of rotatable bonds is 6. The van der Waals surface area contributed by atoms with Crippen LogP contribution in [0.3, 0.4) is 0 Å². The van der Waals surface area contributed by atoms with Gasteiger partial charge in [-0.25, -0.2) is 4.79 Å². The number of hydrogen-bond donors (Lipinski definition) is 3. The lowest BCUT2D eigenvalue weighted by Gasteiger charge is -2.09. The van der Waals surface area contributed by atoms with E-state index < -0.39 is 0 Å². The van der Waals surface area contributed by atoms with Crippen molar-refractivity contribution in [2.45, 2.75) is 6.54 Å². The molecule has 0 aromatic heterocycles. The van der Waals surface area contributed by atoms with Gasteiger partial charge in [0.2, 0.25) is 5.91 Å². The van der Waals surface area contributed by atoms with Gasteiger partial charge in [0, 0.05) is 25.0 Å². The molecule has 0 aliphatic carbocycles. The number of carbonyl (C=O) groups is 2. The molecule has 0 saturated heterocycles. The molecule has 0 spiro atoms.